The summed E-state index contributed by atoms with van der Waals surface area (Å²) in [4.78, 5) is 60.9. The highest BCUT2D eigenvalue weighted by Gasteiger charge is 2.53. The van der Waals surface area contributed by atoms with Gasteiger partial charge in [-0.15, -0.1) is 10.2 Å². The van der Waals surface area contributed by atoms with Crippen molar-refractivity contribution in [3.05, 3.63) is 53.6 Å². The van der Waals surface area contributed by atoms with Gasteiger partial charge in [0.15, 0.2) is 29.5 Å². The van der Waals surface area contributed by atoms with Crippen molar-refractivity contribution in [2.45, 2.75) is 89.9 Å². The maximum Gasteiger partial charge on any atom is 0.303 e. The van der Waals surface area contributed by atoms with Crippen molar-refractivity contribution in [1.29, 1.82) is 0 Å². The standard InChI is InChI=1S/C32H38N6O10S/c1-17(2)13-25-23(15-37(36-25)24-11-9-8-10-12-24)14-33-38-30(18(3)39)34-35-32(38)49-31-29(47-22(7)43)28(46-21(6)42)27(45-20(5)41)26(48-31)16-44-19(4)40/h8-12,14-15,17,26-29,31H,13,16H2,1-7H3/b33-14-/t26-,27-,28+,29-,31?/m0/s1. The largest absolute Gasteiger partial charge is 0.463 e. The molecule has 17 heteroatoms. The Morgan fingerprint density at radius 3 is 2.12 bits per heavy atom. The fourth-order valence-corrected chi connectivity index (χ4v) is 6.03. The van der Waals surface area contributed by atoms with Gasteiger partial charge in [-0.05, 0) is 36.2 Å². The summed E-state index contributed by atoms with van der Waals surface area (Å²) in [5.41, 5.74) is 1.09. The molecule has 3 heterocycles. The zero-order valence-electron chi connectivity index (χ0n) is 28.1. The van der Waals surface area contributed by atoms with Gasteiger partial charge in [-0.2, -0.15) is 14.9 Å². The predicted molar refractivity (Wildman–Crippen MR) is 173 cm³/mol. The van der Waals surface area contributed by atoms with E-state index in [1.807, 2.05) is 36.5 Å². The fourth-order valence-electron chi connectivity index (χ4n) is 4.96. The van der Waals surface area contributed by atoms with Crippen LogP contribution in [-0.2, 0) is 49.3 Å². The second-order valence-corrected chi connectivity index (χ2v) is 12.6. The summed E-state index contributed by atoms with van der Waals surface area (Å²) in [6, 6.07) is 9.55. The van der Waals surface area contributed by atoms with Crippen LogP contribution < -0.4 is 0 Å². The van der Waals surface area contributed by atoms with Gasteiger partial charge >= 0.3 is 23.9 Å². The van der Waals surface area contributed by atoms with E-state index in [1.165, 1.54) is 24.7 Å². The Hall–Kier alpha value is -4.90. The molecule has 1 aliphatic rings. The summed E-state index contributed by atoms with van der Waals surface area (Å²) in [6.45, 7) is 9.63. The minimum atomic E-state index is -1.38. The molecule has 0 spiro atoms. The summed E-state index contributed by atoms with van der Waals surface area (Å²) in [7, 11) is 0. The smallest absolute Gasteiger partial charge is 0.303 e. The molecule has 2 aromatic heterocycles. The molecule has 1 fully saturated rings. The summed E-state index contributed by atoms with van der Waals surface area (Å²) in [5.74, 6) is -3.19. The monoisotopic (exact) mass is 698 g/mol. The maximum absolute atomic E-state index is 12.6. The van der Waals surface area contributed by atoms with Gasteiger partial charge in [0.1, 0.15) is 12.7 Å². The number of rotatable bonds is 13. The number of carbonyl (C=O) groups is 5. The molecule has 0 N–H and O–H groups in total. The predicted octanol–water partition coefficient (Wildman–Crippen LogP) is 2.92. The molecule has 5 atom stereocenters. The minimum absolute atomic E-state index is 0.0446. The molecule has 0 saturated carbocycles. The number of hydrogen-bond acceptors (Lipinski definition) is 15. The van der Waals surface area contributed by atoms with Gasteiger partial charge in [0, 0.05) is 46.4 Å². The van der Waals surface area contributed by atoms with Crippen LogP contribution in [0.15, 0.2) is 46.8 Å². The van der Waals surface area contributed by atoms with Crippen LogP contribution >= 0.6 is 11.8 Å². The number of thioether (sulfide) groups is 1. The van der Waals surface area contributed by atoms with Gasteiger partial charge in [-0.3, -0.25) is 24.0 Å². The molecule has 1 aliphatic heterocycles. The Morgan fingerprint density at radius 2 is 1.53 bits per heavy atom. The Bertz CT molecular complexity index is 1700. The first-order valence-corrected chi connectivity index (χ1v) is 16.2. The van der Waals surface area contributed by atoms with Gasteiger partial charge in [0.25, 0.3) is 0 Å². The van der Waals surface area contributed by atoms with Gasteiger partial charge in [-0.1, -0.05) is 32.0 Å². The fraction of sp³-hybridized carbons (Fsp3) is 0.469. The summed E-state index contributed by atoms with van der Waals surface area (Å²) >= 11 is 0.852. The van der Waals surface area contributed by atoms with E-state index in [2.05, 4.69) is 29.1 Å². The van der Waals surface area contributed by atoms with Gasteiger partial charge in [0.2, 0.25) is 11.0 Å². The number of ether oxygens (including phenoxy) is 5. The number of benzene rings is 1. The molecule has 4 rings (SSSR count). The molecule has 1 saturated heterocycles. The summed E-state index contributed by atoms with van der Waals surface area (Å²) in [6.07, 6.45) is -1.23. The molecule has 0 aliphatic carbocycles. The topological polar surface area (TPSA) is 192 Å². The molecule has 49 heavy (non-hydrogen) atoms. The number of carbonyl (C=O) groups excluding carboxylic acids is 5. The van der Waals surface area contributed by atoms with Crippen molar-refractivity contribution in [2.75, 3.05) is 6.61 Å². The second-order valence-electron chi connectivity index (χ2n) is 11.5. The molecule has 1 aromatic carbocycles. The number of Topliss-reactive ketones (excluding diaryl/α,β-unsaturated/α-hetero) is 1. The Morgan fingerprint density at radius 1 is 0.898 bits per heavy atom. The molecule has 3 aromatic rings. The lowest BCUT2D eigenvalue weighted by atomic mass is 9.99. The molecular formula is C32H38N6O10S. The van der Waals surface area contributed by atoms with Crippen LogP contribution in [0.5, 0.6) is 0 Å². The number of nitrogens with zero attached hydrogens (tertiary/aromatic N) is 6. The number of para-hydroxylation sites is 1. The first-order valence-electron chi connectivity index (χ1n) is 15.3. The lowest BCUT2D eigenvalue weighted by molar-refractivity contribution is -0.237. The molecule has 262 valence electrons. The number of esters is 4. The van der Waals surface area contributed by atoms with Crippen LogP contribution in [0.25, 0.3) is 5.69 Å². The molecular weight excluding hydrogens is 660 g/mol. The van der Waals surface area contributed by atoms with Crippen LogP contribution in [0.3, 0.4) is 0 Å². The van der Waals surface area contributed by atoms with E-state index in [9.17, 15) is 24.0 Å². The normalized spacial score (nSPS) is 20.6. The van der Waals surface area contributed by atoms with Crippen molar-refractivity contribution in [3.8, 4) is 5.69 Å². The number of aromatic nitrogens is 5. The van der Waals surface area contributed by atoms with Crippen molar-refractivity contribution in [2.24, 2.45) is 11.0 Å². The lowest BCUT2D eigenvalue weighted by Gasteiger charge is -2.43. The first kappa shape index (κ1) is 36.9. The third kappa shape index (κ3) is 9.82. The van der Waals surface area contributed by atoms with Gasteiger partial charge in [0.05, 0.1) is 17.6 Å². The SMILES string of the molecule is CC(=O)OC[C@@H]1OC(Sc2nnc(C(C)=O)n2/N=C\c2cn(-c3ccccc3)nc2CC(C)C)[C@@H](OC(C)=O)[C@H](OC(C)=O)[C@H]1OC(C)=O. The highest BCUT2D eigenvalue weighted by atomic mass is 32.2. The molecule has 16 nitrogen and oxygen atoms in total. The van der Waals surface area contributed by atoms with E-state index in [0.717, 1.165) is 43.9 Å². The van der Waals surface area contributed by atoms with Gasteiger partial charge < -0.3 is 23.7 Å². The maximum atomic E-state index is 12.6. The summed E-state index contributed by atoms with van der Waals surface area (Å²) in [5, 5.41) is 17.6. The second kappa shape index (κ2) is 16.5. The van der Waals surface area contributed by atoms with Gasteiger partial charge in [-0.25, -0.2) is 4.68 Å². The van der Waals surface area contributed by atoms with Crippen LogP contribution in [0.2, 0.25) is 0 Å². The number of ketones is 1. The van der Waals surface area contributed by atoms with E-state index in [4.69, 9.17) is 28.8 Å². The van der Waals surface area contributed by atoms with Crippen LogP contribution in [0.1, 0.15) is 70.3 Å². The third-order valence-corrected chi connectivity index (χ3v) is 7.93. The zero-order chi connectivity index (χ0) is 35.8. The Kier molecular flexibility index (Phi) is 12.4. The summed E-state index contributed by atoms with van der Waals surface area (Å²) < 4.78 is 30.8. The van der Waals surface area contributed by atoms with E-state index < -0.39 is 66.1 Å². The van der Waals surface area contributed by atoms with Crippen LogP contribution in [0, 0.1) is 5.92 Å². The average molecular weight is 699 g/mol. The van der Waals surface area contributed by atoms with E-state index >= 15 is 0 Å². The quantitative estimate of drug-likeness (QED) is 0.109. The Balaban J connectivity index is 1.76. The van der Waals surface area contributed by atoms with Crippen molar-refractivity contribution in [3.63, 3.8) is 0 Å². The van der Waals surface area contributed by atoms with E-state index in [0.29, 0.717) is 12.0 Å². The zero-order valence-corrected chi connectivity index (χ0v) is 28.9. The molecule has 1 unspecified atom stereocenters. The van der Waals surface area contributed by atoms with Crippen molar-refractivity contribution >= 4 is 47.6 Å². The van der Waals surface area contributed by atoms with E-state index in [-0.39, 0.29) is 16.9 Å². The van der Waals surface area contributed by atoms with Crippen LogP contribution in [0.4, 0.5) is 0 Å². The van der Waals surface area contributed by atoms with E-state index in [1.54, 1.807) is 4.68 Å². The first-order chi connectivity index (χ1) is 23.2. The highest BCUT2D eigenvalue weighted by Crippen LogP contribution is 2.37. The van der Waals surface area contributed by atoms with Crippen molar-refractivity contribution in [1.82, 2.24) is 24.7 Å². The molecule has 0 amide bonds. The molecule has 0 radical (unpaired) electrons. The van der Waals surface area contributed by atoms with Crippen LogP contribution in [-0.4, -0.2) is 97.0 Å². The highest BCUT2D eigenvalue weighted by molar-refractivity contribution is 7.99. The van der Waals surface area contributed by atoms with Crippen molar-refractivity contribution < 1.29 is 47.7 Å². The minimum Gasteiger partial charge on any atom is -0.463 e. The lowest BCUT2D eigenvalue weighted by Crippen LogP contribution is -2.61. The average Bonchev–Trinajstić information content (AvgIpc) is 3.61. The third-order valence-electron chi connectivity index (χ3n) is 6.85. The molecule has 0 bridgehead atoms. The number of hydrogen-bond donors (Lipinski definition) is 0. The Labute approximate surface area is 286 Å².